The van der Waals surface area contributed by atoms with E-state index in [1.807, 2.05) is 24.3 Å². The Balaban J connectivity index is 1.89. The standard InChI is InChI=1S/C14H8N2O3/c17-7-14-16-10-5-9-12(6-13(10)19-14)18-11-4-2-1-3-8(11)15-9/h1-7,15H. The molecule has 1 N–H and O–H groups in total. The molecule has 1 aliphatic rings. The predicted octanol–water partition coefficient (Wildman–Crippen LogP) is 3.49. The number of carbonyl (C=O) groups excluding carboxylic acids is 1. The van der Waals surface area contributed by atoms with Gasteiger partial charge in [-0.15, -0.1) is 0 Å². The van der Waals surface area contributed by atoms with Gasteiger partial charge in [-0.3, -0.25) is 4.79 Å². The van der Waals surface area contributed by atoms with Crippen LogP contribution in [0.3, 0.4) is 0 Å². The maximum Gasteiger partial charge on any atom is 0.260 e. The van der Waals surface area contributed by atoms with Crippen molar-refractivity contribution < 1.29 is 13.9 Å². The summed E-state index contributed by atoms with van der Waals surface area (Å²) < 4.78 is 11.1. The van der Waals surface area contributed by atoms with E-state index < -0.39 is 0 Å². The summed E-state index contributed by atoms with van der Waals surface area (Å²) in [6, 6.07) is 11.2. The molecule has 0 bridgehead atoms. The molecule has 0 unspecified atom stereocenters. The lowest BCUT2D eigenvalue weighted by Crippen LogP contribution is -2.02. The summed E-state index contributed by atoms with van der Waals surface area (Å²) >= 11 is 0. The van der Waals surface area contributed by atoms with Crippen molar-refractivity contribution in [1.82, 2.24) is 4.98 Å². The molecule has 2 heterocycles. The van der Waals surface area contributed by atoms with Crippen LogP contribution in [0.5, 0.6) is 11.5 Å². The average Bonchev–Trinajstić information content (AvgIpc) is 2.84. The molecule has 5 nitrogen and oxygen atoms in total. The molecule has 1 aromatic heterocycles. The number of nitrogens with zero attached hydrogens (tertiary/aromatic N) is 1. The van der Waals surface area contributed by atoms with Crippen molar-refractivity contribution in [3.63, 3.8) is 0 Å². The third-order valence-electron chi connectivity index (χ3n) is 2.98. The Hall–Kier alpha value is -2.82. The Bertz CT molecular complexity index is 746. The Labute approximate surface area is 107 Å². The highest BCUT2D eigenvalue weighted by molar-refractivity contribution is 5.88. The van der Waals surface area contributed by atoms with Crippen molar-refractivity contribution in [2.45, 2.75) is 0 Å². The van der Waals surface area contributed by atoms with Crippen LogP contribution >= 0.6 is 0 Å². The molecule has 0 radical (unpaired) electrons. The lowest BCUT2D eigenvalue weighted by Gasteiger charge is -2.21. The maximum absolute atomic E-state index is 10.7. The van der Waals surface area contributed by atoms with Gasteiger partial charge >= 0.3 is 0 Å². The SMILES string of the molecule is O=Cc1nc2cc3c(cc2o1)Oc1ccccc1N3. The smallest absolute Gasteiger partial charge is 0.260 e. The first-order valence-corrected chi connectivity index (χ1v) is 5.77. The highest BCUT2D eigenvalue weighted by Gasteiger charge is 2.18. The van der Waals surface area contributed by atoms with Crippen molar-refractivity contribution in [2.75, 3.05) is 5.32 Å². The lowest BCUT2D eigenvalue weighted by atomic mass is 10.2. The molecule has 0 aliphatic carbocycles. The molecule has 0 spiro atoms. The highest BCUT2D eigenvalue weighted by atomic mass is 16.5. The van der Waals surface area contributed by atoms with Gasteiger partial charge in [0.2, 0.25) is 6.29 Å². The van der Waals surface area contributed by atoms with E-state index in [9.17, 15) is 4.79 Å². The second-order valence-corrected chi connectivity index (χ2v) is 4.21. The van der Waals surface area contributed by atoms with E-state index in [4.69, 9.17) is 9.15 Å². The van der Waals surface area contributed by atoms with Gasteiger partial charge in [-0.25, -0.2) is 4.98 Å². The van der Waals surface area contributed by atoms with Crippen LogP contribution in [0.25, 0.3) is 11.1 Å². The summed E-state index contributed by atoms with van der Waals surface area (Å²) in [6.45, 7) is 0. The highest BCUT2D eigenvalue weighted by Crippen LogP contribution is 2.43. The molecular formula is C14H8N2O3. The first-order valence-electron chi connectivity index (χ1n) is 5.77. The largest absolute Gasteiger partial charge is 0.453 e. The summed E-state index contributed by atoms with van der Waals surface area (Å²) in [5.41, 5.74) is 2.85. The number of oxazole rings is 1. The predicted molar refractivity (Wildman–Crippen MR) is 69.2 cm³/mol. The molecule has 4 rings (SSSR count). The van der Waals surface area contributed by atoms with Gasteiger partial charge in [0.25, 0.3) is 5.89 Å². The van der Waals surface area contributed by atoms with Crippen LogP contribution in [0, 0.1) is 0 Å². The average molecular weight is 252 g/mol. The zero-order valence-electron chi connectivity index (χ0n) is 9.71. The van der Waals surface area contributed by atoms with Crippen LogP contribution in [0.15, 0.2) is 40.8 Å². The number of para-hydroxylation sites is 2. The van der Waals surface area contributed by atoms with Crippen LogP contribution in [-0.2, 0) is 0 Å². The number of nitrogens with one attached hydrogen (secondary N) is 1. The van der Waals surface area contributed by atoms with Gasteiger partial charge in [-0.05, 0) is 18.2 Å². The molecule has 0 saturated carbocycles. The van der Waals surface area contributed by atoms with E-state index in [0.29, 0.717) is 23.1 Å². The van der Waals surface area contributed by atoms with E-state index in [0.717, 1.165) is 17.1 Å². The molecule has 19 heavy (non-hydrogen) atoms. The number of hydrogen-bond donors (Lipinski definition) is 1. The van der Waals surface area contributed by atoms with Gasteiger partial charge in [-0.1, -0.05) is 12.1 Å². The number of carbonyl (C=O) groups is 1. The Morgan fingerprint density at radius 1 is 1.11 bits per heavy atom. The number of hydrogen-bond acceptors (Lipinski definition) is 5. The molecule has 1 aliphatic heterocycles. The van der Waals surface area contributed by atoms with E-state index in [1.165, 1.54) is 0 Å². The van der Waals surface area contributed by atoms with Crippen molar-refractivity contribution >= 4 is 28.8 Å². The van der Waals surface area contributed by atoms with Crippen molar-refractivity contribution in [1.29, 1.82) is 0 Å². The quantitative estimate of drug-likeness (QED) is 0.525. The monoisotopic (exact) mass is 252 g/mol. The van der Waals surface area contributed by atoms with Crippen LogP contribution in [0.2, 0.25) is 0 Å². The van der Waals surface area contributed by atoms with E-state index >= 15 is 0 Å². The summed E-state index contributed by atoms with van der Waals surface area (Å²) in [5.74, 6) is 1.47. The van der Waals surface area contributed by atoms with Crippen LogP contribution in [0.4, 0.5) is 11.4 Å². The summed E-state index contributed by atoms with van der Waals surface area (Å²) in [7, 11) is 0. The first-order chi connectivity index (χ1) is 9.33. The second-order valence-electron chi connectivity index (χ2n) is 4.21. The van der Waals surface area contributed by atoms with E-state index in [2.05, 4.69) is 10.3 Å². The summed E-state index contributed by atoms with van der Waals surface area (Å²) in [4.78, 5) is 14.7. The molecule has 0 atom stereocenters. The number of aldehydes is 1. The number of anilines is 2. The number of benzene rings is 2. The van der Waals surface area contributed by atoms with Gasteiger partial charge in [0.1, 0.15) is 5.52 Å². The topological polar surface area (TPSA) is 64.4 Å². The number of rotatable bonds is 1. The Kier molecular flexibility index (Phi) is 1.91. The summed E-state index contributed by atoms with van der Waals surface area (Å²) in [6.07, 6.45) is 0.585. The van der Waals surface area contributed by atoms with Crippen LogP contribution in [0.1, 0.15) is 10.7 Å². The zero-order valence-corrected chi connectivity index (χ0v) is 9.71. The fourth-order valence-electron chi connectivity index (χ4n) is 2.13. The number of fused-ring (bicyclic) bond motifs is 3. The Morgan fingerprint density at radius 2 is 2.00 bits per heavy atom. The number of aromatic nitrogens is 1. The third-order valence-corrected chi connectivity index (χ3v) is 2.98. The second kappa shape index (κ2) is 3.58. The molecular weight excluding hydrogens is 244 g/mol. The zero-order chi connectivity index (χ0) is 12.8. The van der Waals surface area contributed by atoms with Crippen molar-refractivity contribution in [3.05, 3.63) is 42.3 Å². The third kappa shape index (κ3) is 1.48. The van der Waals surface area contributed by atoms with Gasteiger partial charge < -0.3 is 14.5 Å². The number of ether oxygens (including phenoxy) is 1. The Morgan fingerprint density at radius 3 is 2.89 bits per heavy atom. The lowest BCUT2D eigenvalue weighted by molar-refractivity contribution is 0.109. The molecule has 3 aromatic rings. The van der Waals surface area contributed by atoms with Gasteiger partial charge in [0.05, 0.1) is 11.4 Å². The fourth-order valence-corrected chi connectivity index (χ4v) is 2.13. The van der Waals surface area contributed by atoms with Gasteiger partial charge in [0.15, 0.2) is 17.1 Å². The molecule has 5 heteroatoms. The molecule has 2 aromatic carbocycles. The van der Waals surface area contributed by atoms with Crippen molar-refractivity contribution in [3.8, 4) is 11.5 Å². The van der Waals surface area contributed by atoms with Gasteiger partial charge in [-0.2, -0.15) is 0 Å². The molecule has 0 amide bonds. The fraction of sp³-hybridized carbons (Fsp3) is 0. The minimum atomic E-state index is 0.0647. The van der Waals surface area contributed by atoms with E-state index in [1.54, 1.807) is 12.1 Å². The molecule has 92 valence electrons. The van der Waals surface area contributed by atoms with Gasteiger partial charge in [0, 0.05) is 6.07 Å². The van der Waals surface area contributed by atoms with Crippen LogP contribution < -0.4 is 10.1 Å². The molecule has 0 fully saturated rings. The maximum atomic E-state index is 10.7. The summed E-state index contributed by atoms with van der Waals surface area (Å²) in [5, 5.41) is 3.26. The normalized spacial score (nSPS) is 12.2. The van der Waals surface area contributed by atoms with Crippen LogP contribution in [-0.4, -0.2) is 11.3 Å². The first kappa shape index (κ1) is 10.1. The minimum absolute atomic E-state index is 0.0647. The molecule has 0 saturated heterocycles. The van der Waals surface area contributed by atoms with Crippen molar-refractivity contribution in [2.24, 2.45) is 0 Å². The van der Waals surface area contributed by atoms with E-state index in [-0.39, 0.29) is 5.89 Å². The minimum Gasteiger partial charge on any atom is -0.453 e.